The summed E-state index contributed by atoms with van der Waals surface area (Å²) < 4.78 is 0.913. The molecule has 0 saturated carbocycles. The van der Waals surface area contributed by atoms with E-state index < -0.39 is 0 Å². The van der Waals surface area contributed by atoms with Crippen molar-refractivity contribution < 1.29 is 4.79 Å². The highest BCUT2D eigenvalue weighted by Crippen LogP contribution is 2.21. The van der Waals surface area contributed by atoms with Crippen molar-refractivity contribution in [2.75, 3.05) is 17.7 Å². The Labute approximate surface area is 130 Å². The highest BCUT2D eigenvalue weighted by Gasteiger charge is 2.10. The van der Waals surface area contributed by atoms with Gasteiger partial charge in [0.05, 0.1) is 0 Å². The predicted octanol–water partition coefficient (Wildman–Crippen LogP) is 4.10. The van der Waals surface area contributed by atoms with Crippen LogP contribution >= 0.6 is 27.5 Å². The van der Waals surface area contributed by atoms with E-state index in [2.05, 4.69) is 31.5 Å². The first-order valence-electron chi connectivity index (χ1n) is 5.92. The predicted molar refractivity (Wildman–Crippen MR) is 85.6 cm³/mol. The number of hydrogen-bond acceptors (Lipinski definition) is 3. The van der Waals surface area contributed by atoms with E-state index in [0.717, 1.165) is 15.7 Å². The number of rotatable bonds is 3. The van der Waals surface area contributed by atoms with Crippen LogP contribution in [0.1, 0.15) is 15.9 Å². The number of carbonyl (C=O) groups excluding carboxylic acids is 1. The molecule has 1 aromatic carbocycles. The number of benzene rings is 1. The SMILES string of the molecule is CNc1cc(C(=O)Nc2cc(C)cc(Br)c2)cc(Cl)n1. The molecule has 1 aromatic heterocycles. The number of aryl methyl sites for hydroxylation is 1. The minimum atomic E-state index is -0.233. The molecule has 20 heavy (non-hydrogen) atoms. The first-order valence-corrected chi connectivity index (χ1v) is 7.09. The van der Waals surface area contributed by atoms with Crippen molar-refractivity contribution in [2.24, 2.45) is 0 Å². The topological polar surface area (TPSA) is 54.0 Å². The van der Waals surface area contributed by atoms with Crippen molar-refractivity contribution in [3.63, 3.8) is 0 Å². The maximum Gasteiger partial charge on any atom is 0.255 e. The van der Waals surface area contributed by atoms with Gasteiger partial charge in [0, 0.05) is 22.8 Å². The number of amides is 1. The van der Waals surface area contributed by atoms with Gasteiger partial charge in [-0.3, -0.25) is 4.79 Å². The standard InChI is InChI=1S/C14H13BrClN3O/c1-8-3-10(15)7-11(4-8)18-14(20)9-5-12(16)19-13(6-9)17-2/h3-7H,1-2H3,(H,17,19)(H,18,20). The lowest BCUT2D eigenvalue weighted by Crippen LogP contribution is -2.12. The monoisotopic (exact) mass is 353 g/mol. The summed E-state index contributed by atoms with van der Waals surface area (Å²) in [4.78, 5) is 16.3. The minimum absolute atomic E-state index is 0.233. The average molecular weight is 355 g/mol. The van der Waals surface area contributed by atoms with Gasteiger partial charge in [-0.05, 0) is 42.8 Å². The molecule has 0 saturated heterocycles. The van der Waals surface area contributed by atoms with E-state index in [1.54, 1.807) is 13.1 Å². The molecule has 6 heteroatoms. The second-order valence-electron chi connectivity index (χ2n) is 4.29. The van der Waals surface area contributed by atoms with Crippen LogP contribution < -0.4 is 10.6 Å². The maximum absolute atomic E-state index is 12.2. The van der Waals surface area contributed by atoms with Crippen LogP contribution in [0.4, 0.5) is 11.5 Å². The number of halogens is 2. The third-order valence-corrected chi connectivity index (χ3v) is 3.26. The van der Waals surface area contributed by atoms with Gasteiger partial charge < -0.3 is 10.6 Å². The summed E-state index contributed by atoms with van der Waals surface area (Å²) in [6, 6.07) is 8.88. The quantitative estimate of drug-likeness (QED) is 0.816. The van der Waals surface area contributed by atoms with Crippen molar-refractivity contribution in [1.82, 2.24) is 4.98 Å². The Hall–Kier alpha value is -1.59. The number of pyridine rings is 1. The molecule has 0 spiro atoms. The van der Waals surface area contributed by atoms with Gasteiger partial charge in [-0.15, -0.1) is 0 Å². The zero-order valence-corrected chi connectivity index (χ0v) is 13.3. The van der Waals surface area contributed by atoms with E-state index in [0.29, 0.717) is 11.4 Å². The summed E-state index contributed by atoms with van der Waals surface area (Å²) in [5, 5.41) is 5.97. The van der Waals surface area contributed by atoms with Crippen LogP contribution in [0.15, 0.2) is 34.8 Å². The van der Waals surface area contributed by atoms with Crippen molar-refractivity contribution in [2.45, 2.75) is 6.92 Å². The number of nitrogens with zero attached hydrogens (tertiary/aromatic N) is 1. The highest BCUT2D eigenvalue weighted by molar-refractivity contribution is 9.10. The molecular weight excluding hydrogens is 342 g/mol. The fourth-order valence-corrected chi connectivity index (χ4v) is 2.58. The Balaban J connectivity index is 2.25. The lowest BCUT2D eigenvalue weighted by atomic mass is 10.2. The third-order valence-electron chi connectivity index (χ3n) is 2.61. The summed E-state index contributed by atoms with van der Waals surface area (Å²) in [7, 11) is 1.72. The van der Waals surface area contributed by atoms with Crippen LogP contribution in [0.3, 0.4) is 0 Å². The highest BCUT2D eigenvalue weighted by atomic mass is 79.9. The Bertz CT molecular complexity index is 641. The molecule has 4 nitrogen and oxygen atoms in total. The third kappa shape index (κ3) is 3.71. The van der Waals surface area contributed by atoms with Gasteiger partial charge in [-0.2, -0.15) is 0 Å². The molecule has 0 aliphatic carbocycles. The Kier molecular flexibility index (Phi) is 4.62. The second kappa shape index (κ2) is 6.24. The molecule has 104 valence electrons. The van der Waals surface area contributed by atoms with Crippen molar-refractivity contribution in [1.29, 1.82) is 0 Å². The number of carbonyl (C=O) groups is 1. The summed E-state index contributed by atoms with van der Waals surface area (Å²) in [5.74, 6) is 0.316. The smallest absolute Gasteiger partial charge is 0.255 e. The lowest BCUT2D eigenvalue weighted by molar-refractivity contribution is 0.102. The van der Waals surface area contributed by atoms with E-state index in [-0.39, 0.29) is 11.1 Å². The molecule has 0 fully saturated rings. The van der Waals surface area contributed by atoms with E-state index in [1.807, 2.05) is 25.1 Å². The van der Waals surface area contributed by atoms with Crippen molar-refractivity contribution in [3.05, 3.63) is 51.1 Å². The van der Waals surface area contributed by atoms with Gasteiger partial charge in [0.2, 0.25) is 0 Å². The van der Waals surface area contributed by atoms with Crippen molar-refractivity contribution >= 4 is 44.9 Å². The number of hydrogen-bond donors (Lipinski definition) is 2. The van der Waals surface area contributed by atoms with Crippen LogP contribution in [0.25, 0.3) is 0 Å². The van der Waals surface area contributed by atoms with Crippen LogP contribution in [0, 0.1) is 6.92 Å². The molecule has 1 heterocycles. The molecule has 2 aromatic rings. The fraction of sp³-hybridized carbons (Fsp3) is 0.143. The van der Waals surface area contributed by atoms with Gasteiger partial charge in [-0.1, -0.05) is 27.5 Å². The average Bonchev–Trinajstić information content (AvgIpc) is 2.36. The van der Waals surface area contributed by atoms with Gasteiger partial charge in [0.15, 0.2) is 0 Å². The fourth-order valence-electron chi connectivity index (χ4n) is 1.77. The Morgan fingerprint density at radius 1 is 1.25 bits per heavy atom. The molecule has 0 aliphatic heterocycles. The first-order chi connectivity index (χ1) is 9.47. The Morgan fingerprint density at radius 3 is 2.65 bits per heavy atom. The molecule has 2 N–H and O–H groups in total. The van der Waals surface area contributed by atoms with Crippen LogP contribution in [0.5, 0.6) is 0 Å². The van der Waals surface area contributed by atoms with E-state index in [9.17, 15) is 4.79 Å². The molecule has 0 atom stereocenters. The van der Waals surface area contributed by atoms with E-state index >= 15 is 0 Å². The van der Waals surface area contributed by atoms with Gasteiger partial charge in [-0.25, -0.2) is 4.98 Å². The molecule has 0 unspecified atom stereocenters. The number of nitrogens with one attached hydrogen (secondary N) is 2. The molecule has 0 radical (unpaired) electrons. The summed E-state index contributed by atoms with van der Waals surface area (Å²) >= 11 is 9.29. The minimum Gasteiger partial charge on any atom is -0.373 e. The summed E-state index contributed by atoms with van der Waals surface area (Å²) in [6.07, 6.45) is 0. The van der Waals surface area contributed by atoms with Gasteiger partial charge in [0.1, 0.15) is 11.0 Å². The van der Waals surface area contributed by atoms with E-state index in [4.69, 9.17) is 11.6 Å². The van der Waals surface area contributed by atoms with Crippen molar-refractivity contribution in [3.8, 4) is 0 Å². The van der Waals surface area contributed by atoms with Gasteiger partial charge in [0.25, 0.3) is 5.91 Å². The van der Waals surface area contributed by atoms with Gasteiger partial charge >= 0.3 is 0 Å². The molecular formula is C14H13BrClN3O. The van der Waals surface area contributed by atoms with E-state index in [1.165, 1.54) is 6.07 Å². The van der Waals surface area contributed by atoms with Crippen LogP contribution in [-0.2, 0) is 0 Å². The maximum atomic E-state index is 12.2. The van der Waals surface area contributed by atoms with Crippen LogP contribution in [-0.4, -0.2) is 17.9 Å². The zero-order chi connectivity index (χ0) is 14.7. The second-order valence-corrected chi connectivity index (χ2v) is 5.59. The summed E-state index contributed by atoms with van der Waals surface area (Å²) in [5.41, 5.74) is 2.23. The zero-order valence-electron chi connectivity index (χ0n) is 11.0. The Morgan fingerprint density at radius 2 is 2.00 bits per heavy atom. The first kappa shape index (κ1) is 14.8. The number of anilines is 2. The molecule has 0 aliphatic rings. The molecule has 0 bridgehead atoms. The molecule has 1 amide bonds. The lowest BCUT2D eigenvalue weighted by Gasteiger charge is -2.08. The normalized spacial score (nSPS) is 10.2. The van der Waals surface area contributed by atoms with Crippen LogP contribution in [0.2, 0.25) is 5.15 Å². The summed E-state index contributed by atoms with van der Waals surface area (Å²) in [6.45, 7) is 1.96. The number of aromatic nitrogens is 1. The molecule has 2 rings (SSSR count). The largest absolute Gasteiger partial charge is 0.373 e.